The van der Waals surface area contributed by atoms with Crippen LogP contribution < -0.4 is 5.32 Å². The number of nitro benzene ring substituents is 1. The van der Waals surface area contributed by atoms with Crippen LogP contribution in [0.4, 0.5) is 11.4 Å². The molecule has 1 aliphatic carbocycles. The molecular weight excluding hydrogens is 268 g/mol. The maximum absolute atomic E-state index is 10.8. The molecule has 2 aromatic rings. The van der Waals surface area contributed by atoms with E-state index in [2.05, 4.69) is 12.2 Å². The van der Waals surface area contributed by atoms with E-state index in [0.29, 0.717) is 12.5 Å². The van der Waals surface area contributed by atoms with Crippen LogP contribution in [-0.4, -0.2) is 4.92 Å². The van der Waals surface area contributed by atoms with Crippen LogP contribution in [0.25, 0.3) is 0 Å². The fourth-order valence-corrected chi connectivity index (χ4v) is 2.50. The molecule has 0 aliphatic heterocycles. The lowest BCUT2D eigenvalue weighted by Gasteiger charge is -2.07. The molecule has 3 rings (SSSR count). The molecule has 1 fully saturated rings. The van der Waals surface area contributed by atoms with Crippen LogP contribution in [0.3, 0.4) is 0 Å². The molecule has 1 N–H and O–H groups in total. The predicted octanol–water partition coefficient (Wildman–Crippen LogP) is 4.23. The van der Waals surface area contributed by atoms with Crippen molar-refractivity contribution in [2.24, 2.45) is 5.92 Å². The Kier molecular flexibility index (Phi) is 3.41. The highest BCUT2D eigenvalue weighted by Crippen LogP contribution is 2.47. The maximum Gasteiger partial charge on any atom is 0.271 e. The Morgan fingerprint density at radius 3 is 2.81 bits per heavy atom. The quantitative estimate of drug-likeness (QED) is 0.659. The summed E-state index contributed by atoms with van der Waals surface area (Å²) in [5.74, 6) is 3.19. The molecule has 2 unspecified atom stereocenters. The van der Waals surface area contributed by atoms with Crippen LogP contribution in [0.15, 0.2) is 34.7 Å². The van der Waals surface area contributed by atoms with E-state index in [1.165, 1.54) is 12.5 Å². The molecule has 1 heterocycles. The van der Waals surface area contributed by atoms with E-state index >= 15 is 0 Å². The SMILES string of the molecule is Cc1ccc([N+](=O)[O-])cc1NCc1ccc(C2CC2C)o1. The van der Waals surface area contributed by atoms with Crippen molar-refractivity contribution in [3.8, 4) is 0 Å². The molecule has 2 atom stereocenters. The molecule has 0 amide bonds. The average Bonchev–Trinajstić information content (AvgIpc) is 3.00. The molecule has 1 saturated carbocycles. The molecule has 0 bridgehead atoms. The van der Waals surface area contributed by atoms with Gasteiger partial charge in [-0.2, -0.15) is 0 Å². The summed E-state index contributed by atoms with van der Waals surface area (Å²) < 4.78 is 5.82. The minimum Gasteiger partial charge on any atom is -0.464 e. The molecule has 0 saturated heterocycles. The number of non-ortho nitro benzene ring substituents is 1. The molecule has 5 nitrogen and oxygen atoms in total. The Hall–Kier alpha value is -2.30. The molecule has 5 heteroatoms. The molecule has 0 radical (unpaired) electrons. The number of benzene rings is 1. The number of nitrogens with zero attached hydrogens (tertiary/aromatic N) is 1. The van der Waals surface area contributed by atoms with Gasteiger partial charge in [-0.05, 0) is 37.0 Å². The van der Waals surface area contributed by atoms with Gasteiger partial charge in [-0.3, -0.25) is 10.1 Å². The van der Waals surface area contributed by atoms with Gasteiger partial charge < -0.3 is 9.73 Å². The number of rotatable bonds is 5. The van der Waals surface area contributed by atoms with E-state index in [0.717, 1.165) is 28.7 Å². The van der Waals surface area contributed by atoms with Crippen molar-refractivity contribution >= 4 is 11.4 Å². The fourth-order valence-electron chi connectivity index (χ4n) is 2.50. The van der Waals surface area contributed by atoms with Crippen LogP contribution in [0.5, 0.6) is 0 Å². The van der Waals surface area contributed by atoms with Crippen LogP contribution in [0, 0.1) is 23.0 Å². The second-order valence-electron chi connectivity index (χ2n) is 5.73. The van der Waals surface area contributed by atoms with Crippen molar-refractivity contribution in [2.45, 2.75) is 32.7 Å². The number of hydrogen-bond acceptors (Lipinski definition) is 4. The second kappa shape index (κ2) is 5.24. The van der Waals surface area contributed by atoms with Gasteiger partial charge in [0.2, 0.25) is 0 Å². The Morgan fingerprint density at radius 1 is 1.38 bits per heavy atom. The highest BCUT2D eigenvalue weighted by Gasteiger charge is 2.36. The zero-order valence-electron chi connectivity index (χ0n) is 12.1. The summed E-state index contributed by atoms with van der Waals surface area (Å²) in [6, 6.07) is 8.83. The summed E-state index contributed by atoms with van der Waals surface area (Å²) in [7, 11) is 0. The smallest absolute Gasteiger partial charge is 0.271 e. The zero-order chi connectivity index (χ0) is 15.0. The number of nitrogens with one attached hydrogen (secondary N) is 1. The van der Waals surface area contributed by atoms with Gasteiger partial charge in [-0.25, -0.2) is 0 Å². The first-order valence-electron chi connectivity index (χ1n) is 7.12. The van der Waals surface area contributed by atoms with Gasteiger partial charge in [0, 0.05) is 23.7 Å². The molecule has 1 aliphatic rings. The van der Waals surface area contributed by atoms with Gasteiger partial charge in [-0.1, -0.05) is 13.0 Å². The predicted molar refractivity (Wildman–Crippen MR) is 80.4 cm³/mol. The monoisotopic (exact) mass is 286 g/mol. The maximum atomic E-state index is 10.8. The molecule has 21 heavy (non-hydrogen) atoms. The summed E-state index contributed by atoms with van der Waals surface area (Å²) in [4.78, 5) is 10.4. The van der Waals surface area contributed by atoms with Crippen molar-refractivity contribution in [1.82, 2.24) is 0 Å². The van der Waals surface area contributed by atoms with E-state index in [-0.39, 0.29) is 10.6 Å². The van der Waals surface area contributed by atoms with Crippen molar-refractivity contribution in [3.05, 3.63) is 57.5 Å². The van der Waals surface area contributed by atoms with Crippen molar-refractivity contribution in [1.29, 1.82) is 0 Å². The van der Waals surface area contributed by atoms with Crippen LogP contribution in [0.1, 0.15) is 36.3 Å². The molecule has 0 spiro atoms. The first-order chi connectivity index (χ1) is 10.0. The van der Waals surface area contributed by atoms with Crippen molar-refractivity contribution in [2.75, 3.05) is 5.32 Å². The number of nitro groups is 1. The van der Waals surface area contributed by atoms with Gasteiger partial charge >= 0.3 is 0 Å². The largest absolute Gasteiger partial charge is 0.464 e. The zero-order valence-corrected chi connectivity index (χ0v) is 12.1. The minimum absolute atomic E-state index is 0.0926. The van der Waals surface area contributed by atoms with Gasteiger partial charge in [0.15, 0.2) is 0 Å². The second-order valence-corrected chi connectivity index (χ2v) is 5.73. The van der Waals surface area contributed by atoms with Crippen LogP contribution in [-0.2, 0) is 6.54 Å². The Balaban J connectivity index is 1.68. The van der Waals surface area contributed by atoms with Gasteiger partial charge in [0.05, 0.1) is 11.5 Å². The Bertz CT molecular complexity index is 678. The molecule has 110 valence electrons. The third-order valence-electron chi connectivity index (χ3n) is 4.04. The number of furan rings is 1. The van der Waals surface area contributed by atoms with E-state index in [4.69, 9.17) is 4.42 Å². The Morgan fingerprint density at radius 2 is 2.14 bits per heavy atom. The Labute approximate surface area is 123 Å². The summed E-state index contributed by atoms with van der Waals surface area (Å²) in [6.45, 7) is 4.67. The first-order valence-corrected chi connectivity index (χ1v) is 7.12. The normalized spacial score (nSPS) is 20.3. The topological polar surface area (TPSA) is 68.3 Å². The highest BCUT2D eigenvalue weighted by molar-refractivity contribution is 5.56. The molecular formula is C16H18N2O3. The third kappa shape index (κ3) is 2.91. The van der Waals surface area contributed by atoms with Gasteiger partial charge in [0.25, 0.3) is 5.69 Å². The summed E-state index contributed by atoms with van der Waals surface area (Å²) >= 11 is 0. The van der Waals surface area contributed by atoms with E-state index in [1.54, 1.807) is 12.1 Å². The molecule has 1 aromatic heterocycles. The molecule has 1 aromatic carbocycles. The van der Waals surface area contributed by atoms with Crippen LogP contribution in [0.2, 0.25) is 0 Å². The summed E-state index contributed by atoms with van der Waals surface area (Å²) in [6.07, 6.45) is 1.20. The number of aryl methyl sites for hydroxylation is 1. The summed E-state index contributed by atoms with van der Waals surface area (Å²) in [5.41, 5.74) is 1.83. The highest BCUT2D eigenvalue weighted by atomic mass is 16.6. The van der Waals surface area contributed by atoms with E-state index in [1.807, 2.05) is 19.1 Å². The van der Waals surface area contributed by atoms with Gasteiger partial charge in [0.1, 0.15) is 11.5 Å². The standard InChI is InChI=1S/C16H18N2O3/c1-10-3-4-12(18(19)20)8-15(10)17-9-13-5-6-16(21-13)14-7-11(14)2/h3-6,8,11,14,17H,7,9H2,1-2H3. The fraction of sp³-hybridized carbons (Fsp3) is 0.375. The lowest BCUT2D eigenvalue weighted by molar-refractivity contribution is -0.384. The number of hydrogen-bond donors (Lipinski definition) is 1. The van der Waals surface area contributed by atoms with E-state index < -0.39 is 0 Å². The van der Waals surface area contributed by atoms with Crippen molar-refractivity contribution < 1.29 is 9.34 Å². The average molecular weight is 286 g/mol. The first kappa shape index (κ1) is 13.7. The minimum atomic E-state index is -0.385. The number of anilines is 1. The van der Waals surface area contributed by atoms with E-state index in [9.17, 15) is 10.1 Å². The lowest BCUT2D eigenvalue weighted by Crippen LogP contribution is -2.01. The van der Waals surface area contributed by atoms with Gasteiger partial charge in [-0.15, -0.1) is 0 Å². The lowest BCUT2D eigenvalue weighted by atomic mass is 10.2. The third-order valence-corrected chi connectivity index (χ3v) is 4.04. The van der Waals surface area contributed by atoms with Crippen LogP contribution >= 0.6 is 0 Å². The summed E-state index contributed by atoms with van der Waals surface area (Å²) in [5, 5.41) is 14.0. The van der Waals surface area contributed by atoms with Crippen molar-refractivity contribution in [3.63, 3.8) is 0 Å².